The summed E-state index contributed by atoms with van der Waals surface area (Å²) in [5.74, 6) is -1.54. The lowest BCUT2D eigenvalue weighted by molar-refractivity contribution is -0.125. The quantitative estimate of drug-likeness (QED) is 0.837. The molecule has 0 saturated carbocycles. The highest BCUT2D eigenvalue weighted by Crippen LogP contribution is 2.08. The van der Waals surface area contributed by atoms with Crippen LogP contribution in [0.5, 0.6) is 0 Å². The molecule has 0 aliphatic carbocycles. The van der Waals surface area contributed by atoms with Crippen molar-refractivity contribution in [3.8, 4) is 0 Å². The van der Waals surface area contributed by atoms with Crippen molar-refractivity contribution in [1.82, 2.24) is 5.32 Å². The number of halogens is 2. The lowest BCUT2D eigenvalue weighted by Gasteiger charge is -2.17. The minimum absolute atomic E-state index is 0.294. The molecule has 94 valence electrons. The highest BCUT2D eigenvalue weighted by molar-refractivity contribution is 5.84. The summed E-state index contributed by atoms with van der Waals surface area (Å²) in [6.45, 7) is 3.47. The van der Waals surface area contributed by atoms with E-state index in [1.54, 1.807) is 13.8 Å². The van der Waals surface area contributed by atoms with E-state index in [4.69, 9.17) is 5.73 Å². The Kier molecular flexibility index (Phi) is 4.17. The third-order valence-electron chi connectivity index (χ3n) is 2.21. The summed E-state index contributed by atoms with van der Waals surface area (Å²) in [6, 6.07) is 3.29. The van der Waals surface area contributed by atoms with Gasteiger partial charge in [-0.05, 0) is 38.0 Å². The van der Waals surface area contributed by atoms with Crippen molar-refractivity contribution in [2.75, 3.05) is 6.54 Å². The molecule has 0 spiro atoms. The van der Waals surface area contributed by atoms with Crippen LogP contribution in [0.2, 0.25) is 0 Å². The number of carbonyl (C=O) groups excluding carboxylic acids is 1. The molecule has 1 aromatic carbocycles. The van der Waals surface area contributed by atoms with Crippen molar-refractivity contribution in [3.05, 3.63) is 35.4 Å². The number of nitrogens with one attached hydrogen (secondary N) is 1. The van der Waals surface area contributed by atoms with E-state index >= 15 is 0 Å². The molecule has 17 heavy (non-hydrogen) atoms. The van der Waals surface area contributed by atoms with E-state index in [1.165, 1.54) is 12.1 Å². The summed E-state index contributed by atoms with van der Waals surface area (Å²) in [5.41, 5.74) is 5.12. The second kappa shape index (κ2) is 5.23. The van der Waals surface area contributed by atoms with Crippen LogP contribution in [-0.2, 0) is 11.2 Å². The molecule has 0 heterocycles. The fourth-order valence-corrected chi connectivity index (χ4v) is 1.30. The van der Waals surface area contributed by atoms with E-state index in [1.807, 2.05) is 0 Å². The van der Waals surface area contributed by atoms with Gasteiger partial charge in [0.2, 0.25) is 5.91 Å². The first-order valence-corrected chi connectivity index (χ1v) is 5.31. The molecule has 0 aromatic heterocycles. The van der Waals surface area contributed by atoms with Crippen LogP contribution in [0.3, 0.4) is 0 Å². The lowest BCUT2D eigenvalue weighted by atomic mass is 10.1. The summed E-state index contributed by atoms with van der Waals surface area (Å²) in [4.78, 5) is 11.4. The van der Waals surface area contributed by atoms with Gasteiger partial charge in [0.25, 0.3) is 0 Å². The highest BCUT2D eigenvalue weighted by Gasteiger charge is 2.20. The first-order valence-electron chi connectivity index (χ1n) is 5.31. The van der Waals surface area contributed by atoms with Crippen LogP contribution >= 0.6 is 0 Å². The van der Waals surface area contributed by atoms with Gasteiger partial charge in [0.15, 0.2) is 0 Å². The Labute approximate surface area is 99.0 Å². The second-order valence-electron chi connectivity index (χ2n) is 4.51. The van der Waals surface area contributed by atoms with Gasteiger partial charge in [0.1, 0.15) is 11.6 Å². The fourth-order valence-electron chi connectivity index (χ4n) is 1.30. The molecule has 0 aliphatic heterocycles. The van der Waals surface area contributed by atoms with E-state index in [0.29, 0.717) is 18.5 Å². The van der Waals surface area contributed by atoms with Crippen LogP contribution in [0.25, 0.3) is 0 Å². The summed E-state index contributed by atoms with van der Waals surface area (Å²) in [5, 5.41) is 2.60. The summed E-state index contributed by atoms with van der Waals surface area (Å²) < 4.78 is 25.7. The first-order chi connectivity index (χ1) is 7.79. The van der Waals surface area contributed by atoms with Gasteiger partial charge in [-0.15, -0.1) is 0 Å². The maximum Gasteiger partial charge on any atom is 0.239 e. The average molecular weight is 242 g/mol. The summed E-state index contributed by atoms with van der Waals surface area (Å²) >= 11 is 0. The smallest absolute Gasteiger partial charge is 0.239 e. The maximum absolute atomic E-state index is 12.9. The van der Waals surface area contributed by atoms with Gasteiger partial charge in [0, 0.05) is 12.6 Å². The van der Waals surface area contributed by atoms with E-state index in [2.05, 4.69) is 5.32 Å². The van der Waals surface area contributed by atoms with Crippen LogP contribution in [0.15, 0.2) is 18.2 Å². The Hall–Kier alpha value is -1.49. The van der Waals surface area contributed by atoms with Crippen LogP contribution in [0.4, 0.5) is 8.78 Å². The normalized spacial score (nSPS) is 11.4. The van der Waals surface area contributed by atoms with Gasteiger partial charge in [0.05, 0.1) is 5.54 Å². The van der Waals surface area contributed by atoms with E-state index in [0.717, 1.165) is 6.07 Å². The third-order valence-corrected chi connectivity index (χ3v) is 2.21. The Bertz CT molecular complexity index is 393. The standard InChI is InChI=1S/C12H16F2N2O/c1-12(2,15)11(17)16-4-3-8-5-9(13)7-10(14)6-8/h5-7H,3-4,15H2,1-2H3,(H,16,17). The molecule has 0 aliphatic rings. The first kappa shape index (κ1) is 13.6. The number of amides is 1. The van der Waals surface area contributed by atoms with Crippen molar-refractivity contribution in [2.24, 2.45) is 5.73 Å². The zero-order chi connectivity index (χ0) is 13.1. The van der Waals surface area contributed by atoms with E-state index in [9.17, 15) is 13.6 Å². The Morgan fingerprint density at radius 2 is 1.82 bits per heavy atom. The Morgan fingerprint density at radius 3 is 2.29 bits per heavy atom. The minimum atomic E-state index is -0.951. The number of hydrogen-bond donors (Lipinski definition) is 2. The minimum Gasteiger partial charge on any atom is -0.354 e. The fraction of sp³-hybridized carbons (Fsp3) is 0.417. The van der Waals surface area contributed by atoms with Crippen LogP contribution in [-0.4, -0.2) is 18.0 Å². The second-order valence-corrected chi connectivity index (χ2v) is 4.51. The van der Waals surface area contributed by atoms with Crippen LogP contribution in [0, 0.1) is 11.6 Å². The van der Waals surface area contributed by atoms with Crippen molar-refractivity contribution in [1.29, 1.82) is 0 Å². The van der Waals surface area contributed by atoms with Gasteiger partial charge in [-0.3, -0.25) is 4.79 Å². The molecule has 1 aromatic rings. The van der Waals surface area contributed by atoms with Gasteiger partial charge < -0.3 is 11.1 Å². The maximum atomic E-state index is 12.9. The lowest BCUT2D eigenvalue weighted by Crippen LogP contribution is -2.49. The zero-order valence-electron chi connectivity index (χ0n) is 9.89. The molecule has 1 rings (SSSR count). The molecular weight excluding hydrogens is 226 g/mol. The number of hydrogen-bond acceptors (Lipinski definition) is 2. The molecule has 5 heteroatoms. The molecular formula is C12H16F2N2O. The van der Waals surface area contributed by atoms with Crippen molar-refractivity contribution in [2.45, 2.75) is 25.8 Å². The molecule has 3 nitrogen and oxygen atoms in total. The van der Waals surface area contributed by atoms with Crippen LogP contribution in [0.1, 0.15) is 19.4 Å². The van der Waals surface area contributed by atoms with Gasteiger partial charge in [-0.25, -0.2) is 8.78 Å². The number of rotatable bonds is 4. The SMILES string of the molecule is CC(C)(N)C(=O)NCCc1cc(F)cc(F)c1. The highest BCUT2D eigenvalue weighted by atomic mass is 19.1. The zero-order valence-corrected chi connectivity index (χ0v) is 9.89. The molecule has 0 radical (unpaired) electrons. The average Bonchev–Trinajstić information content (AvgIpc) is 2.14. The van der Waals surface area contributed by atoms with Gasteiger partial charge in [-0.2, -0.15) is 0 Å². The predicted octanol–water partition coefficient (Wildman–Crippen LogP) is 1.36. The van der Waals surface area contributed by atoms with E-state index in [-0.39, 0.29) is 5.91 Å². The third kappa shape index (κ3) is 4.48. The van der Waals surface area contributed by atoms with Crippen molar-refractivity contribution in [3.63, 3.8) is 0 Å². The molecule has 3 N–H and O–H groups in total. The number of carbonyl (C=O) groups is 1. The molecule has 0 bridgehead atoms. The molecule has 0 unspecified atom stereocenters. The topological polar surface area (TPSA) is 55.1 Å². The molecule has 0 saturated heterocycles. The van der Waals surface area contributed by atoms with Gasteiger partial charge >= 0.3 is 0 Å². The molecule has 0 fully saturated rings. The number of nitrogens with two attached hydrogens (primary N) is 1. The Morgan fingerprint density at radius 1 is 1.29 bits per heavy atom. The van der Waals surface area contributed by atoms with Crippen LogP contribution < -0.4 is 11.1 Å². The molecule has 1 amide bonds. The summed E-state index contributed by atoms with van der Waals surface area (Å²) in [6.07, 6.45) is 0.358. The van der Waals surface area contributed by atoms with Crippen molar-refractivity contribution < 1.29 is 13.6 Å². The summed E-state index contributed by atoms with van der Waals surface area (Å²) in [7, 11) is 0. The monoisotopic (exact) mass is 242 g/mol. The largest absolute Gasteiger partial charge is 0.354 e. The predicted molar refractivity (Wildman–Crippen MR) is 61.3 cm³/mol. The Balaban J connectivity index is 2.49. The van der Waals surface area contributed by atoms with Crippen molar-refractivity contribution >= 4 is 5.91 Å². The van der Waals surface area contributed by atoms with Gasteiger partial charge in [-0.1, -0.05) is 0 Å². The number of benzene rings is 1. The van der Waals surface area contributed by atoms with E-state index < -0.39 is 17.2 Å². The molecule has 0 atom stereocenters.